The fourth-order valence-electron chi connectivity index (χ4n) is 0.587. The van der Waals surface area contributed by atoms with E-state index in [9.17, 15) is 0 Å². The van der Waals surface area contributed by atoms with Crippen LogP contribution in [0, 0.1) is 6.92 Å². The average molecular weight is 120 g/mol. The van der Waals surface area contributed by atoms with Gasteiger partial charge in [0.2, 0.25) is 0 Å². The molecule has 1 heteroatoms. The molecule has 0 unspecified atom stereocenters. The lowest BCUT2D eigenvalue weighted by Crippen LogP contribution is -2.04. The molecule has 0 aliphatic carbocycles. The molecule has 0 heterocycles. The van der Waals surface area contributed by atoms with Gasteiger partial charge in [-0.25, -0.2) is 0 Å². The van der Waals surface area contributed by atoms with Gasteiger partial charge >= 0.3 is 0 Å². The van der Waals surface area contributed by atoms with Crippen LogP contribution in [0.2, 0.25) is 0 Å². The smallest absolute Gasteiger partial charge is 0.0589 e. The molecule has 1 aromatic carbocycles. The quantitative estimate of drug-likeness (QED) is 0.438. The summed E-state index contributed by atoms with van der Waals surface area (Å²) in [7, 11) is 2.69. The second-order valence-corrected chi connectivity index (χ2v) is 2.48. The Balaban J connectivity index is 3.13. The summed E-state index contributed by atoms with van der Waals surface area (Å²) in [5, 5.41) is 1.28. The van der Waals surface area contributed by atoms with Gasteiger partial charge < -0.3 is 0 Å². The Hall–Kier alpha value is -0.563. The highest BCUT2D eigenvalue weighted by molar-refractivity contribution is 6.33. The number of hydrogen-bond donors (Lipinski definition) is 0. The standard InChI is InChI=1S/C7H8Si/c1-6-4-2-3-5-7(6)8/h2-5,8H,1H3. The minimum absolute atomic E-state index is 1.28. The van der Waals surface area contributed by atoms with Gasteiger partial charge in [-0.2, -0.15) is 0 Å². The van der Waals surface area contributed by atoms with Gasteiger partial charge in [0.1, 0.15) is 0 Å². The average Bonchev–Trinajstić information content (AvgIpc) is 1.77. The fraction of sp³-hybridized carbons (Fsp3) is 0.143. The Labute approximate surface area is 53.0 Å². The van der Waals surface area contributed by atoms with Gasteiger partial charge in [0.05, 0.1) is 10.2 Å². The summed E-state index contributed by atoms with van der Waals surface area (Å²) in [6, 6.07) is 8.26. The van der Waals surface area contributed by atoms with Crippen LogP contribution in [0.15, 0.2) is 24.3 Å². The van der Waals surface area contributed by atoms with E-state index in [0.29, 0.717) is 0 Å². The summed E-state index contributed by atoms with van der Waals surface area (Å²) in [5.41, 5.74) is 1.33. The van der Waals surface area contributed by atoms with Gasteiger partial charge in [-0.3, -0.25) is 0 Å². The molecule has 0 atom stereocenters. The third-order valence-electron chi connectivity index (χ3n) is 1.19. The van der Waals surface area contributed by atoms with E-state index in [1.165, 1.54) is 10.8 Å². The molecule has 0 fully saturated rings. The number of rotatable bonds is 0. The normalized spacial score (nSPS) is 9.25. The van der Waals surface area contributed by atoms with Crippen molar-refractivity contribution in [2.75, 3.05) is 0 Å². The van der Waals surface area contributed by atoms with E-state index in [0.717, 1.165) is 0 Å². The molecule has 0 amide bonds. The first-order chi connectivity index (χ1) is 3.80. The van der Waals surface area contributed by atoms with Gasteiger partial charge in [-0.15, -0.1) is 0 Å². The van der Waals surface area contributed by atoms with E-state index < -0.39 is 0 Å². The molecular weight excluding hydrogens is 112 g/mol. The van der Waals surface area contributed by atoms with Crippen LogP contribution >= 0.6 is 0 Å². The lowest BCUT2D eigenvalue weighted by molar-refractivity contribution is 1.52. The van der Waals surface area contributed by atoms with E-state index in [1.54, 1.807) is 0 Å². The summed E-state index contributed by atoms with van der Waals surface area (Å²) < 4.78 is 0. The highest BCUT2D eigenvalue weighted by atomic mass is 28.1. The van der Waals surface area contributed by atoms with Gasteiger partial charge in [-0.1, -0.05) is 35.0 Å². The summed E-state index contributed by atoms with van der Waals surface area (Å²) >= 11 is 0. The third kappa shape index (κ3) is 0.983. The summed E-state index contributed by atoms with van der Waals surface area (Å²) in [6.45, 7) is 2.10. The number of hydrogen-bond acceptors (Lipinski definition) is 0. The van der Waals surface area contributed by atoms with E-state index in [-0.39, 0.29) is 0 Å². The third-order valence-corrected chi connectivity index (χ3v) is 1.84. The van der Waals surface area contributed by atoms with Crippen molar-refractivity contribution in [2.45, 2.75) is 6.92 Å². The minimum atomic E-state index is 1.28. The van der Waals surface area contributed by atoms with Crippen LogP contribution in [0.25, 0.3) is 0 Å². The highest BCUT2D eigenvalue weighted by Gasteiger charge is 1.83. The molecule has 0 nitrogen and oxygen atoms in total. The first-order valence-corrected chi connectivity index (χ1v) is 3.19. The van der Waals surface area contributed by atoms with Crippen LogP contribution in [-0.2, 0) is 0 Å². The highest BCUT2D eigenvalue weighted by Crippen LogP contribution is 1.88. The molecule has 0 aliphatic rings. The lowest BCUT2D eigenvalue weighted by atomic mass is 10.2. The van der Waals surface area contributed by atoms with Gasteiger partial charge in [0.25, 0.3) is 0 Å². The van der Waals surface area contributed by atoms with Crippen molar-refractivity contribution < 1.29 is 0 Å². The molecule has 40 valence electrons. The van der Waals surface area contributed by atoms with Crippen LogP contribution in [-0.4, -0.2) is 10.2 Å². The second-order valence-electron chi connectivity index (χ2n) is 1.86. The molecule has 1 aromatic rings. The zero-order chi connectivity index (χ0) is 5.98. The number of benzene rings is 1. The Morgan fingerprint density at radius 1 is 1.25 bits per heavy atom. The first kappa shape index (κ1) is 5.57. The van der Waals surface area contributed by atoms with Gasteiger partial charge in [-0.05, 0) is 6.92 Å². The largest absolute Gasteiger partial charge is 0.0657 e. The Kier molecular flexibility index (Phi) is 1.49. The van der Waals surface area contributed by atoms with Crippen molar-refractivity contribution in [2.24, 2.45) is 0 Å². The number of aryl methyl sites for hydroxylation is 1. The molecule has 0 saturated heterocycles. The van der Waals surface area contributed by atoms with Crippen LogP contribution in [0.5, 0.6) is 0 Å². The van der Waals surface area contributed by atoms with E-state index in [1.807, 2.05) is 12.1 Å². The predicted octanol–water partition coefficient (Wildman–Crippen LogP) is 0.521. The summed E-state index contributed by atoms with van der Waals surface area (Å²) in [4.78, 5) is 0. The zero-order valence-electron chi connectivity index (χ0n) is 4.89. The maximum atomic E-state index is 2.69. The molecule has 1 rings (SSSR count). The van der Waals surface area contributed by atoms with Crippen LogP contribution in [0.3, 0.4) is 0 Å². The lowest BCUT2D eigenvalue weighted by Gasteiger charge is -1.93. The maximum Gasteiger partial charge on any atom is 0.0589 e. The Morgan fingerprint density at radius 2 is 1.88 bits per heavy atom. The molecule has 0 saturated carbocycles. The predicted molar refractivity (Wildman–Crippen MR) is 38.0 cm³/mol. The molecule has 8 heavy (non-hydrogen) atoms. The summed E-state index contributed by atoms with van der Waals surface area (Å²) in [6.07, 6.45) is 0. The van der Waals surface area contributed by atoms with E-state index in [4.69, 9.17) is 0 Å². The summed E-state index contributed by atoms with van der Waals surface area (Å²) in [5.74, 6) is 0. The minimum Gasteiger partial charge on any atom is -0.0657 e. The van der Waals surface area contributed by atoms with Crippen molar-refractivity contribution in [1.82, 2.24) is 0 Å². The molecule has 0 N–H and O–H groups in total. The monoisotopic (exact) mass is 120 g/mol. The SMILES string of the molecule is Cc1ccccc1[SiH]. The molecule has 2 radical (unpaired) electrons. The van der Waals surface area contributed by atoms with Gasteiger partial charge in [0, 0.05) is 0 Å². The Morgan fingerprint density at radius 3 is 2.25 bits per heavy atom. The zero-order valence-corrected chi connectivity index (χ0v) is 6.04. The fourth-order valence-corrected chi connectivity index (χ4v) is 0.794. The van der Waals surface area contributed by atoms with E-state index in [2.05, 4.69) is 29.3 Å². The molecule has 0 aliphatic heterocycles. The van der Waals surface area contributed by atoms with Crippen molar-refractivity contribution >= 4 is 15.4 Å². The topological polar surface area (TPSA) is 0 Å². The van der Waals surface area contributed by atoms with Gasteiger partial charge in [0.15, 0.2) is 0 Å². The maximum absolute atomic E-state index is 2.69. The molecule has 0 spiro atoms. The Bertz CT molecular complexity index is 160. The van der Waals surface area contributed by atoms with Crippen molar-refractivity contribution in [3.63, 3.8) is 0 Å². The molecule has 0 bridgehead atoms. The van der Waals surface area contributed by atoms with Crippen LogP contribution in [0.4, 0.5) is 0 Å². The van der Waals surface area contributed by atoms with Crippen molar-refractivity contribution in [1.29, 1.82) is 0 Å². The molecule has 0 aromatic heterocycles. The second kappa shape index (κ2) is 2.14. The van der Waals surface area contributed by atoms with E-state index >= 15 is 0 Å². The van der Waals surface area contributed by atoms with Crippen LogP contribution < -0.4 is 5.19 Å². The molecular formula is C7H8Si. The van der Waals surface area contributed by atoms with Crippen LogP contribution in [0.1, 0.15) is 5.56 Å². The first-order valence-electron chi connectivity index (χ1n) is 2.62. The van der Waals surface area contributed by atoms with Crippen molar-refractivity contribution in [3.05, 3.63) is 29.8 Å². The van der Waals surface area contributed by atoms with Crippen molar-refractivity contribution in [3.8, 4) is 0 Å².